The predicted molar refractivity (Wildman–Crippen MR) is 88.5 cm³/mol. The summed E-state index contributed by atoms with van der Waals surface area (Å²) in [6.45, 7) is 6.25. The zero-order valence-electron chi connectivity index (χ0n) is 11.8. The van der Waals surface area contributed by atoms with E-state index < -0.39 is 0 Å². The summed E-state index contributed by atoms with van der Waals surface area (Å²) in [6, 6.07) is 0.251. The van der Waals surface area contributed by atoms with Gasteiger partial charge in [-0.05, 0) is 25.3 Å². The summed E-state index contributed by atoms with van der Waals surface area (Å²) < 4.78 is 0. The lowest BCUT2D eigenvalue weighted by Gasteiger charge is -2.23. The minimum atomic E-state index is -0.0324. The van der Waals surface area contributed by atoms with Gasteiger partial charge in [-0.15, -0.1) is 36.2 Å². The van der Waals surface area contributed by atoms with Crippen LogP contribution in [0.1, 0.15) is 42.2 Å². The van der Waals surface area contributed by atoms with E-state index in [1.54, 1.807) is 11.3 Å². The minimum Gasteiger partial charge on any atom is -0.347 e. The number of piperidine rings is 1. The largest absolute Gasteiger partial charge is 0.347 e. The molecule has 7 heteroatoms. The Morgan fingerprint density at radius 3 is 2.90 bits per heavy atom. The van der Waals surface area contributed by atoms with Gasteiger partial charge in [-0.3, -0.25) is 4.79 Å². The first-order chi connectivity index (χ1) is 8.65. The summed E-state index contributed by atoms with van der Waals surface area (Å²) in [7, 11) is 0. The molecule has 0 aliphatic carbocycles. The molecule has 2 N–H and O–H groups in total. The van der Waals surface area contributed by atoms with Gasteiger partial charge in [0, 0.05) is 24.4 Å². The lowest BCUT2D eigenvalue weighted by molar-refractivity contribution is 0.0926. The van der Waals surface area contributed by atoms with Gasteiger partial charge in [-0.1, -0.05) is 13.8 Å². The van der Waals surface area contributed by atoms with Crippen LogP contribution in [0.2, 0.25) is 0 Å². The zero-order valence-corrected chi connectivity index (χ0v) is 14.3. The predicted octanol–water partition coefficient (Wildman–Crippen LogP) is 2.67. The molecule has 1 aromatic heterocycles. The number of hydrogen-bond donors (Lipinski definition) is 2. The molecule has 1 aliphatic rings. The lowest BCUT2D eigenvalue weighted by Crippen LogP contribution is -2.45. The number of thiazole rings is 1. The van der Waals surface area contributed by atoms with Gasteiger partial charge in [0.25, 0.3) is 5.91 Å². The smallest absolute Gasteiger partial charge is 0.271 e. The first-order valence-corrected chi connectivity index (χ1v) is 7.49. The maximum Gasteiger partial charge on any atom is 0.271 e. The van der Waals surface area contributed by atoms with Crippen LogP contribution < -0.4 is 10.6 Å². The van der Waals surface area contributed by atoms with Crippen molar-refractivity contribution >= 4 is 42.1 Å². The highest BCUT2D eigenvalue weighted by molar-refractivity contribution is 7.09. The van der Waals surface area contributed by atoms with Gasteiger partial charge in [0.15, 0.2) is 0 Å². The number of aromatic nitrogens is 1. The van der Waals surface area contributed by atoms with E-state index in [0.29, 0.717) is 11.6 Å². The molecule has 0 unspecified atom stereocenters. The van der Waals surface area contributed by atoms with E-state index in [2.05, 4.69) is 29.5 Å². The minimum absolute atomic E-state index is 0. The maximum absolute atomic E-state index is 12.0. The van der Waals surface area contributed by atoms with Crippen LogP contribution in [0, 0.1) is 5.92 Å². The fraction of sp³-hybridized carbons (Fsp3) is 0.692. The molecule has 1 fully saturated rings. The van der Waals surface area contributed by atoms with Crippen LogP contribution in [-0.4, -0.2) is 30.0 Å². The fourth-order valence-electron chi connectivity index (χ4n) is 2.09. The molecular formula is C13H23Cl2N3OS. The van der Waals surface area contributed by atoms with E-state index in [4.69, 9.17) is 0 Å². The van der Waals surface area contributed by atoms with E-state index >= 15 is 0 Å². The molecule has 116 valence electrons. The van der Waals surface area contributed by atoms with Gasteiger partial charge in [0.2, 0.25) is 0 Å². The summed E-state index contributed by atoms with van der Waals surface area (Å²) in [4.78, 5) is 16.4. The standard InChI is InChI=1S/C13H21N3OS.2ClH/c1-9(2)6-12-16-11(8-18-12)13(17)15-10-4-3-5-14-7-10;;/h8-10,14H,3-7H2,1-2H3,(H,15,17);2*1H/t10-;;/m0../s1. The molecule has 0 saturated carbocycles. The van der Waals surface area contributed by atoms with Crippen molar-refractivity contribution in [1.29, 1.82) is 0 Å². The number of halogens is 2. The van der Waals surface area contributed by atoms with Crippen LogP contribution in [0.3, 0.4) is 0 Å². The average Bonchev–Trinajstić information content (AvgIpc) is 2.78. The molecule has 0 radical (unpaired) electrons. The van der Waals surface area contributed by atoms with Gasteiger partial charge in [0.05, 0.1) is 5.01 Å². The molecule has 1 saturated heterocycles. The highest BCUT2D eigenvalue weighted by atomic mass is 35.5. The number of carbonyl (C=O) groups is 1. The second-order valence-corrected chi connectivity index (χ2v) is 6.18. The van der Waals surface area contributed by atoms with E-state index in [-0.39, 0.29) is 36.8 Å². The SMILES string of the molecule is CC(C)Cc1nc(C(=O)N[C@H]2CCCNC2)cs1.Cl.Cl. The third-order valence-corrected chi connectivity index (χ3v) is 3.87. The molecular weight excluding hydrogens is 317 g/mol. The monoisotopic (exact) mass is 339 g/mol. The number of nitrogens with one attached hydrogen (secondary N) is 2. The average molecular weight is 340 g/mol. The molecule has 1 atom stereocenters. The Bertz CT molecular complexity index is 406. The molecule has 1 aliphatic heterocycles. The van der Waals surface area contributed by atoms with Crippen LogP contribution in [0.4, 0.5) is 0 Å². The Labute approximate surface area is 137 Å². The topological polar surface area (TPSA) is 54.0 Å². The first kappa shape index (κ1) is 19.6. The van der Waals surface area contributed by atoms with Gasteiger partial charge in [-0.25, -0.2) is 4.98 Å². The van der Waals surface area contributed by atoms with Crippen molar-refractivity contribution in [3.05, 3.63) is 16.1 Å². The van der Waals surface area contributed by atoms with Gasteiger partial charge in [-0.2, -0.15) is 0 Å². The summed E-state index contributed by atoms with van der Waals surface area (Å²) >= 11 is 1.58. The van der Waals surface area contributed by atoms with Crippen molar-refractivity contribution in [3.63, 3.8) is 0 Å². The normalized spacial score (nSPS) is 18.1. The first-order valence-electron chi connectivity index (χ1n) is 6.61. The molecule has 2 rings (SSSR count). The summed E-state index contributed by atoms with van der Waals surface area (Å²) in [5.41, 5.74) is 0.571. The van der Waals surface area contributed by atoms with Crippen molar-refractivity contribution in [2.75, 3.05) is 13.1 Å². The fourth-order valence-corrected chi connectivity index (χ4v) is 3.08. The number of rotatable bonds is 4. The van der Waals surface area contributed by atoms with Crippen molar-refractivity contribution < 1.29 is 4.79 Å². The van der Waals surface area contributed by atoms with Gasteiger partial charge in [0.1, 0.15) is 5.69 Å². The van der Waals surface area contributed by atoms with Crippen LogP contribution in [0.15, 0.2) is 5.38 Å². The van der Waals surface area contributed by atoms with E-state index in [1.807, 2.05) is 5.38 Å². The Morgan fingerprint density at radius 2 is 2.30 bits per heavy atom. The van der Waals surface area contributed by atoms with E-state index in [0.717, 1.165) is 37.4 Å². The van der Waals surface area contributed by atoms with Gasteiger partial charge < -0.3 is 10.6 Å². The highest BCUT2D eigenvalue weighted by Crippen LogP contribution is 2.14. The molecule has 4 nitrogen and oxygen atoms in total. The van der Waals surface area contributed by atoms with Gasteiger partial charge >= 0.3 is 0 Å². The van der Waals surface area contributed by atoms with Crippen LogP contribution in [0.25, 0.3) is 0 Å². The van der Waals surface area contributed by atoms with Crippen molar-refractivity contribution in [2.24, 2.45) is 5.92 Å². The second-order valence-electron chi connectivity index (χ2n) is 5.24. The molecule has 0 aromatic carbocycles. The number of amides is 1. The second kappa shape index (κ2) is 9.55. The summed E-state index contributed by atoms with van der Waals surface area (Å²) in [5.74, 6) is 0.546. The zero-order chi connectivity index (χ0) is 13.0. The molecule has 0 spiro atoms. The van der Waals surface area contributed by atoms with Crippen LogP contribution >= 0.6 is 36.2 Å². The number of nitrogens with zero attached hydrogens (tertiary/aromatic N) is 1. The van der Waals surface area contributed by atoms with Crippen molar-refractivity contribution in [3.8, 4) is 0 Å². The van der Waals surface area contributed by atoms with E-state index in [1.165, 1.54) is 0 Å². The molecule has 0 bridgehead atoms. The molecule has 2 heterocycles. The molecule has 20 heavy (non-hydrogen) atoms. The number of hydrogen-bond acceptors (Lipinski definition) is 4. The maximum atomic E-state index is 12.0. The number of carbonyl (C=O) groups excluding carboxylic acids is 1. The van der Waals surface area contributed by atoms with Crippen LogP contribution in [0.5, 0.6) is 0 Å². The van der Waals surface area contributed by atoms with Crippen molar-refractivity contribution in [1.82, 2.24) is 15.6 Å². The lowest BCUT2D eigenvalue weighted by atomic mass is 10.1. The molecule has 1 aromatic rings. The van der Waals surface area contributed by atoms with Crippen molar-refractivity contribution in [2.45, 2.75) is 39.2 Å². The third-order valence-electron chi connectivity index (χ3n) is 3.00. The summed E-state index contributed by atoms with van der Waals surface area (Å²) in [5, 5.41) is 9.25. The molecule has 1 amide bonds. The van der Waals surface area contributed by atoms with E-state index in [9.17, 15) is 4.79 Å². The Balaban J connectivity index is 0.00000180. The Morgan fingerprint density at radius 1 is 1.55 bits per heavy atom. The Kier molecular flexibility index (Phi) is 9.38. The third kappa shape index (κ3) is 5.95. The quantitative estimate of drug-likeness (QED) is 0.886. The highest BCUT2D eigenvalue weighted by Gasteiger charge is 2.18. The Hall–Kier alpha value is -0.360. The summed E-state index contributed by atoms with van der Waals surface area (Å²) in [6.07, 6.45) is 3.13. The van der Waals surface area contributed by atoms with Crippen LogP contribution in [-0.2, 0) is 6.42 Å².